The van der Waals surface area contributed by atoms with Crippen LogP contribution in [0.5, 0.6) is 23.0 Å². The van der Waals surface area contributed by atoms with Gasteiger partial charge in [-0.2, -0.15) is 30.7 Å². The number of alkyl halides is 7. The van der Waals surface area contributed by atoms with Gasteiger partial charge in [0.1, 0.15) is 22.9 Å². The van der Waals surface area contributed by atoms with E-state index in [2.05, 4.69) is 4.74 Å². The Morgan fingerprint density at radius 1 is 1.03 bits per heavy atom. The Labute approximate surface area is 222 Å². The molecule has 1 heterocycles. The molecule has 0 amide bonds. The molecule has 0 fully saturated rings. The lowest BCUT2D eigenvalue weighted by Crippen LogP contribution is -2.48. The number of ether oxygens (including phenoxy) is 3. The zero-order valence-electron chi connectivity index (χ0n) is 20.0. The van der Waals surface area contributed by atoms with Crippen LogP contribution in [0.3, 0.4) is 0 Å². The fraction of sp³-hybridized carbons (Fsp3) is 0.308. The Morgan fingerprint density at radius 2 is 1.77 bits per heavy atom. The second-order valence-electron chi connectivity index (χ2n) is 8.57. The van der Waals surface area contributed by atoms with Crippen molar-refractivity contribution < 1.29 is 49.3 Å². The Morgan fingerprint density at radius 3 is 2.44 bits per heavy atom. The first-order chi connectivity index (χ1) is 18.3. The first-order valence-electron chi connectivity index (χ1n) is 11.5. The third-order valence-corrected chi connectivity index (χ3v) is 6.15. The van der Waals surface area contributed by atoms with Crippen molar-refractivity contribution >= 4 is 17.3 Å². The van der Waals surface area contributed by atoms with Crippen molar-refractivity contribution in [3.8, 4) is 23.0 Å². The maximum absolute atomic E-state index is 15.7. The Kier molecular flexibility index (Phi) is 8.06. The van der Waals surface area contributed by atoms with Crippen LogP contribution < -0.4 is 19.1 Å². The average molecular weight is 582 g/mol. The van der Waals surface area contributed by atoms with E-state index in [1.807, 2.05) is 6.92 Å². The molecule has 3 aromatic carbocycles. The third-order valence-electron chi connectivity index (χ3n) is 5.79. The van der Waals surface area contributed by atoms with Gasteiger partial charge in [-0.25, -0.2) is 4.39 Å². The van der Waals surface area contributed by atoms with Gasteiger partial charge in [-0.3, -0.25) is 0 Å². The van der Waals surface area contributed by atoms with E-state index in [-0.39, 0.29) is 22.7 Å². The van der Waals surface area contributed by atoms with Crippen molar-refractivity contribution in [1.82, 2.24) is 0 Å². The molecule has 0 saturated heterocycles. The lowest BCUT2D eigenvalue weighted by Gasteiger charge is -2.37. The first kappa shape index (κ1) is 28.6. The fourth-order valence-corrected chi connectivity index (χ4v) is 4.19. The van der Waals surface area contributed by atoms with E-state index in [1.165, 1.54) is 18.2 Å². The molecule has 3 aromatic rings. The molecule has 0 unspecified atom stereocenters. The summed E-state index contributed by atoms with van der Waals surface area (Å²) >= 11 is 6.10. The maximum atomic E-state index is 15.7. The molecule has 1 atom stereocenters. The van der Waals surface area contributed by atoms with E-state index >= 15 is 4.39 Å². The summed E-state index contributed by atoms with van der Waals surface area (Å²) in [4.78, 5) is 1.00. The van der Waals surface area contributed by atoms with Crippen LogP contribution in [0.2, 0.25) is 5.02 Å². The Bertz CT molecular complexity index is 1340. The van der Waals surface area contributed by atoms with Gasteiger partial charge in [-0.15, -0.1) is 0 Å². The van der Waals surface area contributed by atoms with Crippen LogP contribution in [0.4, 0.5) is 40.8 Å². The van der Waals surface area contributed by atoms with Gasteiger partial charge in [0.15, 0.2) is 11.6 Å². The molecule has 0 aromatic heterocycles. The number of benzene rings is 3. The van der Waals surface area contributed by atoms with Gasteiger partial charge in [0.25, 0.3) is 0 Å². The highest BCUT2D eigenvalue weighted by molar-refractivity contribution is 6.31. The van der Waals surface area contributed by atoms with Crippen molar-refractivity contribution in [3.05, 3.63) is 76.6 Å². The van der Waals surface area contributed by atoms with Gasteiger partial charge in [0.2, 0.25) is 6.10 Å². The van der Waals surface area contributed by atoms with E-state index in [9.17, 15) is 30.7 Å². The minimum atomic E-state index is -4.81. The highest BCUT2D eigenvalue weighted by Crippen LogP contribution is 2.44. The van der Waals surface area contributed by atoms with Crippen LogP contribution in [-0.2, 0) is 13.0 Å². The summed E-state index contributed by atoms with van der Waals surface area (Å²) in [6.07, 6.45) is -15.5. The number of halogens is 9. The van der Waals surface area contributed by atoms with Crippen molar-refractivity contribution in [3.63, 3.8) is 0 Å². The topological polar surface area (TPSA) is 30.9 Å². The summed E-state index contributed by atoms with van der Waals surface area (Å²) in [5.74, 6) is -2.18. The van der Waals surface area contributed by atoms with E-state index < -0.39 is 55.2 Å². The van der Waals surface area contributed by atoms with E-state index in [4.69, 9.17) is 21.1 Å². The highest BCUT2D eigenvalue weighted by atomic mass is 35.5. The number of hydrogen-bond donors (Lipinski definition) is 0. The smallest absolute Gasteiger partial charge is 0.461 e. The molecular formula is C26H20ClF8NO3. The summed E-state index contributed by atoms with van der Waals surface area (Å²) in [5.41, 5.74) is 0.453. The van der Waals surface area contributed by atoms with Gasteiger partial charge in [0.05, 0.1) is 6.54 Å². The van der Waals surface area contributed by atoms with Crippen LogP contribution >= 0.6 is 11.6 Å². The summed E-state index contributed by atoms with van der Waals surface area (Å²) in [6, 6.07) is 11.3. The molecule has 0 bridgehead atoms. The molecule has 0 N–H and O–H groups in total. The molecule has 1 aliphatic rings. The van der Waals surface area contributed by atoms with Crippen LogP contribution in [0.15, 0.2) is 54.6 Å². The van der Waals surface area contributed by atoms with Crippen LogP contribution in [0.1, 0.15) is 18.1 Å². The number of nitrogens with zero attached hydrogens (tertiary/aromatic N) is 1. The highest BCUT2D eigenvalue weighted by Gasteiger charge is 2.47. The van der Waals surface area contributed by atoms with Gasteiger partial charge in [0, 0.05) is 11.6 Å². The summed E-state index contributed by atoms with van der Waals surface area (Å²) in [6.45, 7) is 0.573. The minimum absolute atomic E-state index is 0.0855. The zero-order valence-corrected chi connectivity index (χ0v) is 20.8. The predicted octanol–water partition coefficient (Wildman–Crippen LogP) is 8.40. The Hall–Kier alpha value is -3.41. The van der Waals surface area contributed by atoms with Crippen LogP contribution in [0.25, 0.3) is 0 Å². The van der Waals surface area contributed by atoms with Gasteiger partial charge < -0.3 is 19.1 Å². The Balaban J connectivity index is 1.68. The lowest BCUT2D eigenvalue weighted by molar-refractivity contribution is -0.253. The molecule has 13 heteroatoms. The normalized spacial score (nSPS) is 15.7. The van der Waals surface area contributed by atoms with Crippen molar-refractivity contribution in [2.45, 2.75) is 44.7 Å². The largest absolute Gasteiger partial charge is 0.477 e. The van der Waals surface area contributed by atoms with E-state index in [1.54, 1.807) is 12.1 Å². The van der Waals surface area contributed by atoms with Crippen LogP contribution in [-0.4, -0.2) is 31.4 Å². The summed E-state index contributed by atoms with van der Waals surface area (Å²) in [7, 11) is 0. The number of anilines is 1. The van der Waals surface area contributed by atoms with E-state index in [0.29, 0.717) is 11.4 Å². The number of aryl methyl sites for hydroxylation is 1. The molecule has 4 nitrogen and oxygen atoms in total. The van der Waals surface area contributed by atoms with Crippen LogP contribution in [0, 0.1) is 5.82 Å². The molecule has 4 rings (SSSR count). The average Bonchev–Trinajstić information content (AvgIpc) is 2.86. The molecule has 0 aliphatic carbocycles. The van der Waals surface area contributed by atoms with Crippen molar-refractivity contribution in [1.29, 1.82) is 0 Å². The molecule has 0 spiro atoms. The standard InChI is InChI=1S/C26H20ClF8NO3/c1-2-15-11-16(6-7-18(15)27)37-19-8-9-20-23(22(19)28)36(13-21(38-20)25(31,32)33)12-14-4-3-5-17(10-14)39-26(34,35)24(29)30/h3-11,21,24H,2,12-13H2,1H3/t21-/m1/s1. The molecular weight excluding hydrogens is 562 g/mol. The molecule has 1 aliphatic heterocycles. The molecule has 210 valence electrons. The van der Waals surface area contributed by atoms with Crippen molar-refractivity contribution in [2.75, 3.05) is 11.4 Å². The van der Waals surface area contributed by atoms with Gasteiger partial charge in [-0.1, -0.05) is 30.7 Å². The monoisotopic (exact) mass is 581 g/mol. The SMILES string of the molecule is CCc1cc(Oc2ccc3c(c2F)N(Cc2cccc(OC(F)(F)C(F)F)c2)C[C@H](C(F)(F)F)O3)ccc1Cl. The van der Waals surface area contributed by atoms with Crippen molar-refractivity contribution in [2.24, 2.45) is 0 Å². The third kappa shape index (κ3) is 6.43. The summed E-state index contributed by atoms with van der Waals surface area (Å²) < 4.78 is 123. The molecule has 0 saturated carbocycles. The number of hydrogen-bond acceptors (Lipinski definition) is 4. The second-order valence-corrected chi connectivity index (χ2v) is 8.98. The number of fused-ring (bicyclic) bond motifs is 1. The van der Waals surface area contributed by atoms with E-state index in [0.717, 1.165) is 34.7 Å². The fourth-order valence-electron chi connectivity index (χ4n) is 3.93. The molecule has 0 radical (unpaired) electrons. The molecule has 39 heavy (non-hydrogen) atoms. The zero-order chi connectivity index (χ0) is 28.5. The van der Waals surface area contributed by atoms with Gasteiger partial charge in [-0.05, 0) is 60.0 Å². The summed E-state index contributed by atoms with van der Waals surface area (Å²) in [5, 5.41) is 0.478. The van der Waals surface area contributed by atoms with Gasteiger partial charge >= 0.3 is 18.7 Å². The quantitative estimate of drug-likeness (QED) is 0.250. The maximum Gasteiger partial charge on any atom is 0.461 e. The first-order valence-corrected chi connectivity index (χ1v) is 11.9. The lowest BCUT2D eigenvalue weighted by atomic mass is 10.1. The minimum Gasteiger partial charge on any atom is -0.477 e. The second kappa shape index (κ2) is 11.0. The predicted molar refractivity (Wildman–Crippen MR) is 127 cm³/mol. The number of rotatable bonds is 8.